The predicted molar refractivity (Wildman–Crippen MR) is 106 cm³/mol. The predicted octanol–water partition coefficient (Wildman–Crippen LogP) is 1.80. The number of nitrogens with one attached hydrogen (secondary N) is 3. The molecule has 12 heteroatoms. The van der Waals surface area contributed by atoms with Gasteiger partial charge in [0, 0.05) is 30.5 Å². The smallest absolute Gasteiger partial charge is 0.277 e. The van der Waals surface area contributed by atoms with Crippen molar-refractivity contribution in [1.82, 2.24) is 20.1 Å². The normalized spacial score (nSPS) is 11.0. The number of carbonyl (C=O) groups is 1. The fraction of sp³-hybridized carbons (Fsp3) is 0.0667. The lowest BCUT2D eigenvalue weighted by atomic mass is 10.3. The molecule has 27 heavy (non-hydrogen) atoms. The molecule has 2 heterocycles. The zero-order chi connectivity index (χ0) is 19.4. The molecule has 0 radical (unpaired) electrons. The van der Waals surface area contributed by atoms with E-state index >= 15 is 0 Å². The standard InChI is InChI=1S/C15H14N6O3S3/c1-21-8-6-12(19-21)13(22)18-14(25)17-10-2-4-11(5-3-10)27(23,24)20-15-16-7-9-26-15/h2-9H,1H3,(H,16,20)(H2,17,18,22,25). The SMILES string of the molecule is Cn1ccc(C(=O)NC(=S)Nc2ccc(S(=O)(=O)Nc3nccs3)cc2)n1. The summed E-state index contributed by atoms with van der Waals surface area (Å²) in [6.45, 7) is 0. The molecule has 3 N–H and O–H groups in total. The lowest BCUT2D eigenvalue weighted by Gasteiger charge is -2.10. The van der Waals surface area contributed by atoms with Crippen molar-refractivity contribution in [1.29, 1.82) is 0 Å². The minimum absolute atomic E-state index is 0.0715. The molecule has 0 aliphatic carbocycles. The summed E-state index contributed by atoms with van der Waals surface area (Å²) in [7, 11) is -2.02. The maximum Gasteiger partial charge on any atom is 0.277 e. The zero-order valence-corrected chi connectivity index (χ0v) is 16.4. The summed E-state index contributed by atoms with van der Waals surface area (Å²) in [6.07, 6.45) is 3.15. The number of anilines is 2. The highest BCUT2D eigenvalue weighted by atomic mass is 32.2. The largest absolute Gasteiger partial charge is 0.332 e. The Hall–Kier alpha value is -2.83. The highest BCUT2D eigenvalue weighted by Gasteiger charge is 2.16. The number of sulfonamides is 1. The molecule has 0 saturated heterocycles. The van der Waals surface area contributed by atoms with E-state index in [1.807, 2.05) is 0 Å². The van der Waals surface area contributed by atoms with Crippen molar-refractivity contribution in [3.8, 4) is 0 Å². The zero-order valence-electron chi connectivity index (χ0n) is 13.9. The summed E-state index contributed by atoms with van der Waals surface area (Å²) in [6, 6.07) is 7.47. The van der Waals surface area contributed by atoms with E-state index in [2.05, 4.69) is 25.4 Å². The lowest BCUT2D eigenvalue weighted by Crippen LogP contribution is -2.34. The average Bonchev–Trinajstić information content (AvgIpc) is 3.26. The Labute approximate surface area is 164 Å². The number of amides is 1. The van der Waals surface area contributed by atoms with Crippen molar-refractivity contribution in [2.45, 2.75) is 4.90 Å². The Kier molecular flexibility index (Phi) is 5.48. The molecule has 3 rings (SSSR count). The Morgan fingerprint density at radius 1 is 1.22 bits per heavy atom. The van der Waals surface area contributed by atoms with E-state index in [0.29, 0.717) is 5.69 Å². The number of aromatic nitrogens is 3. The molecule has 0 bridgehead atoms. The molecule has 140 valence electrons. The number of thiazole rings is 1. The van der Waals surface area contributed by atoms with Gasteiger partial charge in [0.1, 0.15) is 0 Å². The van der Waals surface area contributed by atoms with Gasteiger partial charge in [-0.1, -0.05) is 0 Å². The Bertz CT molecular complexity index is 1060. The topological polar surface area (TPSA) is 118 Å². The third-order valence-corrected chi connectivity index (χ3v) is 5.63. The van der Waals surface area contributed by atoms with E-state index in [-0.39, 0.29) is 20.8 Å². The first-order valence-electron chi connectivity index (χ1n) is 7.48. The first-order valence-corrected chi connectivity index (χ1v) is 10.2. The monoisotopic (exact) mass is 422 g/mol. The second kappa shape index (κ2) is 7.82. The lowest BCUT2D eigenvalue weighted by molar-refractivity contribution is 0.0972. The van der Waals surface area contributed by atoms with Crippen molar-refractivity contribution >= 4 is 55.4 Å². The van der Waals surface area contributed by atoms with Gasteiger partial charge in [-0.2, -0.15) is 5.10 Å². The van der Waals surface area contributed by atoms with Crippen LogP contribution in [-0.4, -0.2) is 34.2 Å². The van der Waals surface area contributed by atoms with Crippen LogP contribution in [0.2, 0.25) is 0 Å². The summed E-state index contributed by atoms with van der Waals surface area (Å²) in [4.78, 5) is 16.0. The molecule has 2 aromatic heterocycles. The Morgan fingerprint density at radius 3 is 2.56 bits per heavy atom. The van der Waals surface area contributed by atoms with Gasteiger partial charge in [0.05, 0.1) is 4.90 Å². The van der Waals surface area contributed by atoms with E-state index < -0.39 is 15.9 Å². The molecular formula is C15H14N6O3S3. The molecule has 0 aliphatic heterocycles. The fourth-order valence-corrected chi connectivity index (χ4v) is 4.03. The molecule has 0 fully saturated rings. The van der Waals surface area contributed by atoms with Crippen LogP contribution in [0.15, 0.2) is 53.0 Å². The van der Waals surface area contributed by atoms with Crippen LogP contribution < -0.4 is 15.4 Å². The molecule has 0 atom stereocenters. The highest BCUT2D eigenvalue weighted by molar-refractivity contribution is 7.93. The minimum Gasteiger partial charge on any atom is -0.332 e. The minimum atomic E-state index is -3.72. The van der Waals surface area contributed by atoms with Gasteiger partial charge in [0.2, 0.25) is 0 Å². The third kappa shape index (κ3) is 4.87. The third-order valence-electron chi connectivity index (χ3n) is 3.25. The second-order valence-corrected chi connectivity index (χ2v) is 8.24. The number of nitrogens with zero attached hydrogens (tertiary/aromatic N) is 3. The van der Waals surface area contributed by atoms with Crippen LogP contribution in [0, 0.1) is 0 Å². The highest BCUT2D eigenvalue weighted by Crippen LogP contribution is 2.19. The first-order chi connectivity index (χ1) is 12.8. The van der Waals surface area contributed by atoms with Crippen molar-refractivity contribution in [3.63, 3.8) is 0 Å². The van der Waals surface area contributed by atoms with Gasteiger partial charge in [-0.15, -0.1) is 11.3 Å². The maximum absolute atomic E-state index is 12.3. The van der Waals surface area contributed by atoms with E-state index in [1.54, 1.807) is 24.7 Å². The van der Waals surface area contributed by atoms with Crippen LogP contribution in [0.5, 0.6) is 0 Å². The van der Waals surface area contributed by atoms with Crippen LogP contribution in [0.3, 0.4) is 0 Å². The van der Waals surface area contributed by atoms with E-state index in [9.17, 15) is 13.2 Å². The molecule has 0 aliphatic rings. The van der Waals surface area contributed by atoms with Crippen molar-refractivity contribution < 1.29 is 13.2 Å². The van der Waals surface area contributed by atoms with Crippen LogP contribution in [0.4, 0.5) is 10.8 Å². The fourth-order valence-electron chi connectivity index (χ4n) is 2.03. The van der Waals surface area contributed by atoms with Gasteiger partial charge in [-0.25, -0.2) is 13.4 Å². The number of hydrogen-bond donors (Lipinski definition) is 3. The van der Waals surface area contributed by atoms with Gasteiger partial charge >= 0.3 is 0 Å². The molecular weight excluding hydrogens is 408 g/mol. The number of aryl methyl sites for hydroxylation is 1. The molecule has 1 amide bonds. The summed E-state index contributed by atoms with van der Waals surface area (Å²) in [5, 5.41) is 11.3. The molecule has 1 aromatic carbocycles. The molecule has 0 saturated carbocycles. The van der Waals surface area contributed by atoms with Crippen molar-refractivity contribution in [2.24, 2.45) is 7.05 Å². The number of rotatable bonds is 5. The second-order valence-electron chi connectivity index (χ2n) is 5.25. The summed E-state index contributed by atoms with van der Waals surface area (Å²) >= 11 is 6.27. The molecule has 9 nitrogen and oxygen atoms in total. The summed E-state index contributed by atoms with van der Waals surface area (Å²) < 4.78 is 28.5. The molecule has 3 aromatic rings. The summed E-state index contributed by atoms with van der Waals surface area (Å²) in [5.41, 5.74) is 0.755. The number of benzene rings is 1. The van der Waals surface area contributed by atoms with Gasteiger partial charge < -0.3 is 5.32 Å². The van der Waals surface area contributed by atoms with Crippen LogP contribution in [0.25, 0.3) is 0 Å². The van der Waals surface area contributed by atoms with Crippen LogP contribution in [-0.2, 0) is 17.1 Å². The quantitative estimate of drug-likeness (QED) is 0.537. The van der Waals surface area contributed by atoms with Crippen molar-refractivity contribution in [3.05, 3.63) is 53.8 Å². The van der Waals surface area contributed by atoms with E-state index in [4.69, 9.17) is 12.2 Å². The molecule has 0 unspecified atom stereocenters. The summed E-state index contributed by atoms with van der Waals surface area (Å²) in [5.74, 6) is -0.444. The number of hydrogen-bond acceptors (Lipinski definition) is 7. The number of carbonyl (C=O) groups excluding carboxylic acids is 1. The van der Waals surface area contributed by atoms with Crippen molar-refractivity contribution in [2.75, 3.05) is 10.0 Å². The van der Waals surface area contributed by atoms with E-state index in [0.717, 1.165) is 0 Å². The maximum atomic E-state index is 12.3. The Morgan fingerprint density at radius 2 is 1.96 bits per heavy atom. The van der Waals surface area contributed by atoms with Crippen LogP contribution >= 0.6 is 23.6 Å². The van der Waals surface area contributed by atoms with Gasteiger partial charge in [0.15, 0.2) is 15.9 Å². The molecule has 0 spiro atoms. The van der Waals surface area contributed by atoms with Gasteiger partial charge in [-0.05, 0) is 42.5 Å². The van der Waals surface area contributed by atoms with E-state index in [1.165, 1.54) is 46.5 Å². The van der Waals surface area contributed by atoms with Gasteiger partial charge in [0.25, 0.3) is 15.9 Å². The number of thiocarbonyl (C=S) groups is 1. The van der Waals surface area contributed by atoms with Crippen LogP contribution in [0.1, 0.15) is 10.5 Å². The average molecular weight is 423 g/mol. The first kappa shape index (κ1) is 18.9. The Balaban J connectivity index is 1.61. The van der Waals surface area contributed by atoms with Gasteiger partial charge in [-0.3, -0.25) is 19.5 Å².